The number of Topliss-reactive ketones (excluding diaryl/α,β-unsaturated/α-hetero) is 1. The molecule has 0 radical (unpaired) electrons. The number of carbonyl (C=O) groups excluding carboxylic acids is 6. The van der Waals surface area contributed by atoms with Gasteiger partial charge in [0.05, 0.1) is 0 Å². The SMILES string of the molecule is CC(C)(C)OC(=O)C(=O)CCCCCCCSCCCCCCCC(=O)NC(CCC(=O)NCCCCC(NC(=O)OCC1c2ccccc2-c2ccccc21)C(=O)O)C(=O)OC(C)(C)C. The molecule has 14 nitrogen and oxygen atoms in total. The van der Waals surface area contributed by atoms with Crippen LogP contribution in [0.25, 0.3) is 11.1 Å². The number of ether oxygens (including phenoxy) is 3. The van der Waals surface area contributed by atoms with Crippen LogP contribution in [0.15, 0.2) is 48.5 Å². The molecular weight excluding hydrogens is 863 g/mol. The molecule has 0 saturated carbocycles. The molecule has 366 valence electrons. The molecule has 3 rings (SSSR count). The fraction of sp³-hybridized carbons (Fsp3) is 0.627. The third kappa shape index (κ3) is 22.0. The molecule has 2 aromatic rings. The molecule has 2 aromatic carbocycles. The summed E-state index contributed by atoms with van der Waals surface area (Å²) in [6, 6.07) is 13.8. The maximum absolute atomic E-state index is 13.0. The Kier molecular flexibility index (Phi) is 24.3. The number of ketones is 1. The van der Waals surface area contributed by atoms with E-state index in [9.17, 15) is 38.7 Å². The van der Waals surface area contributed by atoms with E-state index in [1.54, 1.807) is 41.5 Å². The van der Waals surface area contributed by atoms with E-state index in [1.165, 1.54) is 0 Å². The number of carboxylic acids is 1. The summed E-state index contributed by atoms with van der Waals surface area (Å²) < 4.78 is 16.2. The van der Waals surface area contributed by atoms with Gasteiger partial charge in [-0.3, -0.25) is 14.4 Å². The van der Waals surface area contributed by atoms with Crippen molar-refractivity contribution in [3.63, 3.8) is 0 Å². The van der Waals surface area contributed by atoms with Crippen molar-refractivity contribution in [3.05, 3.63) is 59.7 Å². The largest absolute Gasteiger partial charge is 0.480 e. The standard InChI is InChI=1S/C51H75N3O11S/c1-50(2,3)64-47(60)42(53-45(57)29-14-10-8-12-22-34-66-33-21-11-7-9-13-28-43(55)48(61)65-51(4,5)6)30-31-44(56)52-32-20-19-27-41(46(58)59)54-49(62)63-35-40-38-25-17-15-23-36(38)37-24-16-18-26-39(37)40/h15-18,23-26,40-42H,7-14,19-22,27-35H2,1-6H3,(H,52,56)(H,53,57)(H,54,62)(H,58,59). The number of aliphatic carboxylic acids is 1. The van der Waals surface area contributed by atoms with E-state index < -0.39 is 53.1 Å². The van der Waals surface area contributed by atoms with Crippen LogP contribution in [0.4, 0.5) is 4.79 Å². The van der Waals surface area contributed by atoms with Crippen LogP contribution in [-0.2, 0) is 43.0 Å². The molecule has 0 saturated heterocycles. The molecular formula is C51H75N3O11S. The lowest BCUT2D eigenvalue weighted by Gasteiger charge is -2.24. The Labute approximate surface area is 396 Å². The third-order valence-electron chi connectivity index (χ3n) is 10.9. The molecule has 0 aliphatic heterocycles. The highest BCUT2D eigenvalue weighted by molar-refractivity contribution is 7.99. The maximum atomic E-state index is 13.0. The van der Waals surface area contributed by atoms with Crippen molar-refractivity contribution in [1.29, 1.82) is 0 Å². The van der Waals surface area contributed by atoms with Crippen LogP contribution in [0.3, 0.4) is 0 Å². The topological polar surface area (TPSA) is 203 Å². The second-order valence-electron chi connectivity index (χ2n) is 19.0. The zero-order valence-electron chi connectivity index (χ0n) is 40.1. The molecule has 1 aliphatic carbocycles. The fourth-order valence-corrected chi connectivity index (χ4v) is 8.59. The molecule has 66 heavy (non-hydrogen) atoms. The first kappa shape index (κ1) is 55.4. The number of unbranched alkanes of at least 4 members (excludes halogenated alkanes) is 9. The Morgan fingerprint density at radius 1 is 0.606 bits per heavy atom. The van der Waals surface area contributed by atoms with Crippen LogP contribution in [0.2, 0.25) is 0 Å². The summed E-state index contributed by atoms with van der Waals surface area (Å²) in [6.07, 6.45) is 10.4. The van der Waals surface area contributed by atoms with Crippen molar-refractivity contribution in [2.45, 2.75) is 180 Å². The molecule has 1 aliphatic rings. The highest BCUT2D eigenvalue weighted by Crippen LogP contribution is 2.44. The molecule has 2 atom stereocenters. The summed E-state index contributed by atoms with van der Waals surface area (Å²) in [7, 11) is 0. The maximum Gasteiger partial charge on any atom is 0.407 e. The lowest BCUT2D eigenvalue weighted by Crippen LogP contribution is -2.44. The highest BCUT2D eigenvalue weighted by atomic mass is 32.2. The van der Waals surface area contributed by atoms with E-state index in [1.807, 2.05) is 60.3 Å². The van der Waals surface area contributed by atoms with Gasteiger partial charge in [-0.1, -0.05) is 87.1 Å². The van der Waals surface area contributed by atoms with E-state index in [2.05, 4.69) is 16.0 Å². The van der Waals surface area contributed by atoms with Gasteiger partial charge in [0, 0.05) is 31.7 Å². The summed E-state index contributed by atoms with van der Waals surface area (Å²) in [5.41, 5.74) is 2.86. The van der Waals surface area contributed by atoms with Crippen molar-refractivity contribution < 1.29 is 52.9 Å². The second kappa shape index (κ2) is 29.0. The Morgan fingerprint density at radius 2 is 1.15 bits per heavy atom. The van der Waals surface area contributed by atoms with Crippen LogP contribution < -0.4 is 16.0 Å². The minimum Gasteiger partial charge on any atom is -0.480 e. The van der Waals surface area contributed by atoms with Crippen molar-refractivity contribution in [2.24, 2.45) is 0 Å². The van der Waals surface area contributed by atoms with E-state index in [0.29, 0.717) is 25.7 Å². The average Bonchev–Trinajstić information content (AvgIpc) is 3.57. The van der Waals surface area contributed by atoms with E-state index >= 15 is 0 Å². The minimum atomic E-state index is -1.18. The monoisotopic (exact) mass is 938 g/mol. The normalized spacial score (nSPS) is 13.1. The van der Waals surface area contributed by atoms with Gasteiger partial charge in [0.25, 0.3) is 0 Å². The van der Waals surface area contributed by atoms with Gasteiger partial charge in [0.2, 0.25) is 17.6 Å². The number of fused-ring (bicyclic) bond motifs is 3. The smallest absolute Gasteiger partial charge is 0.407 e. The average molecular weight is 938 g/mol. The summed E-state index contributed by atoms with van der Waals surface area (Å²) >= 11 is 1.94. The van der Waals surface area contributed by atoms with E-state index in [4.69, 9.17) is 14.2 Å². The fourth-order valence-electron chi connectivity index (χ4n) is 7.57. The minimum absolute atomic E-state index is 0.0250. The summed E-state index contributed by atoms with van der Waals surface area (Å²) in [6.45, 7) is 10.8. The van der Waals surface area contributed by atoms with Gasteiger partial charge in [-0.15, -0.1) is 0 Å². The first-order chi connectivity index (χ1) is 31.3. The quantitative estimate of drug-likeness (QED) is 0.0242. The van der Waals surface area contributed by atoms with Gasteiger partial charge in [-0.05, 0) is 127 Å². The third-order valence-corrected chi connectivity index (χ3v) is 12.0. The molecule has 3 amide bonds. The summed E-state index contributed by atoms with van der Waals surface area (Å²) in [4.78, 5) is 86.9. The van der Waals surface area contributed by atoms with Crippen LogP contribution in [-0.4, -0.2) is 94.6 Å². The van der Waals surface area contributed by atoms with Crippen molar-refractivity contribution in [2.75, 3.05) is 24.7 Å². The highest BCUT2D eigenvalue weighted by Gasteiger charge is 2.31. The number of alkyl carbamates (subject to hydrolysis) is 1. The molecule has 0 spiro atoms. The van der Waals surface area contributed by atoms with Crippen LogP contribution in [0.5, 0.6) is 0 Å². The summed E-state index contributed by atoms with van der Waals surface area (Å²) in [5.74, 6) is -1.52. The van der Waals surface area contributed by atoms with Gasteiger partial charge in [0.15, 0.2) is 0 Å². The summed E-state index contributed by atoms with van der Waals surface area (Å²) in [5, 5.41) is 17.8. The van der Waals surface area contributed by atoms with Gasteiger partial charge in [-0.25, -0.2) is 19.2 Å². The number of hydrogen-bond acceptors (Lipinski definition) is 11. The number of amides is 3. The van der Waals surface area contributed by atoms with Gasteiger partial charge in [0.1, 0.15) is 29.9 Å². The Balaban J connectivity index is 1.24. The first-order valence-corrected chi connectivity index (χ1v) is 25.0. The lowest BCUT2D eigenvalue weighted by molar-refractivity contribution is -0.162. The Bertz CT molecular complexity index is 1840. The number of carboxylic acid groups (broad SMARTS) is 1. The predicted octanol–water partition coefficient (Wildman–Crippen LogP) is 9.20. The van der Waals surface area contributed by atoms with Gasteiger partial charge < -0.3 is 35.3 Å². The number of hydrogen-bond donors (Lipinski definition) is 4. The molecule has 0 bridgehead atoms. The number of carbonyl (C=O) groups is 7. The number of thioether (sulfide) groups is 1. The molecule has 2 unspecified atom stereocenters. The lowest BCUT2D eigenvalue weighted by atomic mass is 9.98. The van der Waals surface area contributed by atoms with Crippen molar-refractivity contribution in [1.82, 2.24) is 16.0 Å². The van der Waals surface area contributed by atoms with Gasteiger partial charge in [-0.2, -0.15) is 11.8 Å². The molecule has 0 heterocycles. The van der Waals surface area contributed by atoms with Gasteiger partial charge >= 0.3 is 24.0 Å². The number of esters is 2. The van der Waals surface area contributed by atoms with Crippen LogP contribution in [0.1, 0.15) is 168 Å². The number of benzene rings is 2. The molecule has 0 fully saturated rings. The predicted molar refractivity (Wildman–Crippen MR) is 257 cm³/mol. The van der Waals surface area contributed by atoms with Crippen molar-refractivity contribution >= 4 is 53.4 Å². The zero-order chi connectivity index (χ0) is 48.5. The van der Waals surface area contributed by atoms with E-state index in [0.717, 1.165) is 85.1 Å². The van der Waals surface area contributed by atoms with Crippen molar-refractivity contribution in [3.8, 4) is 11.1 Å². The Morgan fingerprint density at radius 3 is 1.73 bits per heavy atom. The molecule has 4 N–H and O–H groups in total. The number of rotatable bonds is 31. The molecule has 0 aromatic heterocycles. The first-order valence-electron chi connectivity index (χ1n) is 23.8. The van der Waals surface area contributed by atoms with Crippen LogP contribution >= 0.6 is 11.8 Å². The van der Waals surface area contributed by atoms with Crippen LogP contribution in [0, 0.1) is 0 Å². The molecule has 15 heteroatoms. The van der Waals surface area contributed by atoms with E-state index in [-0.39, 0.29) is 63.0 Å². The zero-order valence-corrected chi connectivity index (χ0v) is 41.0. The Hall–Kier alpha value is -4.92. The second-order valence-corrected chi connectivity index (χ2v) is 20.2. The number of nitrogens with one attached hydrogen (secondary N) is 3.